The number of allylic oxidation sites excluding steroid dienone is 1. The monoisotopic (exact) mass is 646 g/mol. The molecule has 2 N–H and O–H groups in total. The van der Waals surface area contributed by atoms with E-state index in [1.165, 1.54) is 55.5 Å². The van der Waals surface area contributed by atoms with Crippen molar-refractivity contribution >= 4 is 29.3 Å². The topological polar surface area (TPSA) is 59.2 Å². The molecular weight excluding hydrogens is 574 g/mol. The number of pyridine rings is 1. The number of nitrogens with two attached hydrogens (primary N) is 1. The van der Waals surface area contributed by atoms with E-state index in [1.54, 1.807) is 6.20 Å². The maximum atomic E-state index is 10.3. The zero-order valence-electron chi connectivity index (χ0n) is 31.5. The van der Waals surface area contributed by atoms with E-state index < -0.39 is 0 Å². The number of nitrogens with zero attached hydrogens (tertiary/aromatic N) is 2. The molecule has 0 unspecified atom stereocenters. The number of nitrogen functional groups attached to an aromatic ring is 1. The lowest BCUT2D eigenvalue weighted by Crippen LogP contribution is -2.30. The number of hydrogen-bond donors (Lipinski definition) is 1. The van der Waals surface area contributed by atoms with Crippen LogP contribution in [-0.2, 0) is 11.2 Å². The number of rotatable bonds is 9. The van der Waals surface area contributed by atoms with Crippen molar-refractivity contribution in [2.75, 3.05) is 25.9 Å². The second-order valence-corrected chi connectivity index (χ2v) is 12.8. The number of likely N-dealkylation sites (tertiary alicyclic amines) is 1. The molecule has 0 aliphatic carbocycles. The van der Waals surface area contributed by atoms with Crippen molar-refractivity contribution < 1.29 is 4.79 Å². The van der Waals surface area contributed by atoms with Crippen LogP contribution in [0.15, 0.2) is 49.2 Å². The molecule has 1 fully saturated rings. The Bertz CT molecular complexity index is 939. The second-order valence-electron chi connectivity index (χ2n) is 12.3. The van der Waals surface area contributed by atoms with Crippen molar-refractivity contribution in [3.63, 3.8) is 0 Å². The molecule has 0 atom stereocenters. The fourth-order valence-corrected chi connectivity index (χ4v) is 4.87. The van der Waals surface area contributed by atoms with E-state index in [0.717, 1.165) is 43.4 Å². The average Bonchev–Trinajstić information content (AvgIpc) is 3.03. The third-order valence-electron chi connectivity index (χ3n) is 7.19. The Morgan fingerprint density at radius 2 is 1.49 bits per heavy atom. The van der Waals surface area contributed by atoms with Gasteiger partial charge in [-0.1, -0.05) is 126 Å². The largest absolute Gasteiger partial charge is 0.384 e. The molecule has 0 amide bonds. The number of aldehydes is 1. The van der Waals surface area contributed by atoms with Gasteiger partial charge in [0.1, 0.15) is 12.1 Å². The fourth-order valence-electron chi connectivity index (χ4n) is 4.74. The van der Waals surface area contributed by atoms with Gasteiger partial charge in [0.2, 0.25) is 0 Å². The first-order valence-electron chi connectivity index (χ1n) is 17.7. The van der Waals surface area contributed by atoms with E-state index >= 15 is 0 Å². The Labute approximate surface area is 285 Å². The van der Waals surface area contributed by atoms with Gasteiger partial charge in [-0.3, -0.25) is 0 Å². The van der Waals surface area contributed by atoms with Crippen LogP contribution in [0.2, 0.25) is 5.02 Å². The summed E-state index contributed by atoms with van der Waals surface area (Å²) in [6.45, 7) is 30.0. The molecule has 0 radical (unpaired) electrons. The van der Waals surface area contributed by atoms with Crippen LogP contribution in [0.3, 0.4) is 0 Å². The minimum Gasteiger partial charge on any atom is -0.384 e. The van der Waals surface area contributed by atoms with Crippen LogP contribution in [0.1, 0.15) is 139 Å². The van der Waals surface area contributed by atoms with Crippen molar-refractivity contribution in [3.8, 4) is 0 Å². The number of halogens is 1. The van der Waals surface area contributed by atoms with Crippen LogP contribution in [0.25, 0.3) is 5.57 Å². The number of carbonyl (C=O) groups is 1. The molecule has 5 heteroatoms. The van der Waals surface area contributed by atoms with Gasteiger partial charge in [0.05, 0.1) is 0 Å². The van der Waals surface area contributed by atoms with Crippen LogP contribution >= 0.6 is 11.6 Å². The van der Waals surface area contributed by atoms with Crippen LogP contribution < -0.4 is 5.73 Å². The first kappa shape index (κ1) is 47.2. The summed E-state index contributed by atoms with van der Waals surface area (Å²) in [5.41, 5.74) is 9.72. The predicted octanol–water partition coefficient (Wildman–Crippen LogP) is 12.2. The number of benzene rings is 1. The normalized spacial score (nSPS) is 12.7. The second kappa shape index (κ2) is 30.5. The van der Waals surface area contributed by atoms with Gasteiger partial charge in [0.15, 0.2) is 0 Å². The van der Waals surface area contributed by atoms with Gasteiger partial charge < -0.3 is 15.4 Å². The van der Waals surface area contributed by atoms with E-state index in [2.05, 4.69) is 84.1 Å². The summed E-state index contributed by atoms with van der Waals surface area (Å²) in [4.78, 5) is 16.5. The van der Waals surface area contributed by atoms with Crippen molar-refractivity contribution in [3.05, 3.63) is 65.3 Å². The maximum absolute atomic E-state index is 10.3. The van der Waals surface area contributed by atoms with Crippen LogP contribution in [-0.4, -0.2) is 36.3 Å². The van der Waals surface area contributed by atoms with Gasteiger partial charge in [-0.25, -0.2) is 4.98 Å². The third kappa shape index (κ3) is 26.7. The highest BCUT2D eigenvalue weighted by Crippen LogP contribution is 2.30. The highest BCUT2D eigenvalue weighted by molar-refractivity contribution is 6.30. The molecule has 45 heavy (non-hydrogen) atoms. The fraction of sp³-hybridized carbons (Fsp3) is 0.650. The Kier molecular flexibility index (Phi) is 32.0. The van der Waals surface area contributed by atoms with E-state index in [1.807, 2.05) is 52.0 Å². The summed E-state index contributed by atoms with van der Waals surface area (Å²) < 4.78 is 0. The molecule has 1 aromatic carbocycles. The van der Waals surface area contributed by atoms with Gasteiger partial charge >= 0.3 is 0 Å². The number of piperidine rings is 1. The van der Waals surface area contributed by atoms with E-state index in [0.29, 0.717) is 23.1 Å². The smallest absolute Gasteiger partial charge is 0.123 e. The summed E-state index contributed by atoms with van der Waals surface area (Å²) >= 11 is 5.88. The number of aromatic nitrogens is 1. The highest BCUT2D eigenvalue weighted by Gasteiger charge is 2.19. The number of aryl methyl sites for hydroxylation is 1. The first-order valence-corrected chi connectivity index (χ1v) is 18.1. The Balaban J connectivity index is -0.000000530. The van der Waals surface area contributed by atoms with Gasteiger partial charge in [-0.05, 0) is 111 Å². The average molecular weight is 646 g/mol. The predicted molar refractivity (Wildman–Crippen MR) is 205 cm³/mol. The molecule has 0 spiro atoms. The molecule has 1 aliphatic rings. The molecule has 0 bridgehead atoms. The molecule has 1 aliphatic heterocycles. The van der Waals surface area contributed by atoms with Crippen LogP contribution in [0.5, 0.6) is 0 Å². The van der Waals surface area contributed by atoms with Gasteiger partial charge in [0.25, 0.3) is 0 Å². The van der Waals surface area contributed by atoms with Crippen LogP contribution in [0, 0.1) is 17.3 Å². The standard InChI is InChI=1S/C14H18ClN.C8H16O.C7H10N2.C7H16.2C2H6/c1-11(12-3-5-14(15)6-4-12)13-7-9-16(2)10-8-13;1-3-5-8(7-9)6-4-2;1-2-6-3-4-9-7(8)5-6;1-5-6-7(2,3)4;2*1-2/h3-6,13H,1,7-10H2,2H3;7-8H,3-6H2,1-2H3;3-5H,2H2,1H3,(H2,8,9);5-6H2,1-4H3;2*1-2H3. The van der Waals surface area contributed by atoms with E-state index in [9.17, 15) is 4.79 Å². The van der Waals surface area contributed by atoms with E-state index in [4.69, 9.17) is 17.3 Å². The molecule has 2 heterocycles. The van der Waals surface area contributed by atoms with E-state index in [-0.39, 0.29) is 0 Å². The van der Waals surface area contributed by atoms with Crippen molar-refractivity contribution in [2.45, 2.75) is 134 Å². The first-order chi connectivity index (χ1) is 21.4. The molecule has 3 rings (SSSR count). The number of carbonyl (C=O) groups excluding carboxylic acids is 1. The molecule has 1 saturated heterocycles. The molecule has 4 nitrogen and oxygen atoms in total. The van der Waals surface area contributed by atoms with Crippen molar-refractivity contribution in [1.82, 2.24) is 9.88 Å². The number of hydrogen-bond acceptors (Lipinski definition) is 4. The lowest BCUT2D eigenvalue weighted by atomic mass is 9.86. The van der Waals surface area contributed by atoms with Gasteiger partial charge in [-0.15, -0.1) is 0 Å². The molecule has 2 aromatic rings. The molecule has 260 valence electrons. The molecule has 0 saturated carbocycles. The Morgan fingerprint density at radius 3 is 1.82 bits per heavy atom. The summed E-state index contributed by atoms with van der Waals surface area (Å²) in [5, 5.41) is 0.792. The molecule has 1 aromatic heterocycles. The minimum absolute atomic E-state index is 0.333. The highest BCUT2D eigenvalue weighted by atomic mass is 35.5. The maximum Gasteiger partial charge on any atom is 0.123 e. The summed E-state index contributed by atoms with van der Waals surface area (Å²) in [6, 6.07) is 11.9. The lowest BCUT2D eigenvalue weighted by molar-refractivity contribution is -0.111. The zero-order valence-corrected chi connectivity index (χ0v) is 32.3. The summed E-state index contributed by atoms with van der Waals surface area (Å²) in [6.07, 6.45) is 13.3. The van der Waals surface area contributed by atoms with Crippen molar-refractivity contribution in [2.24, 2.45) is 17.3 Å². The zero-order chi connectivity index (χ0) is 35.3. The van der Waals surface area contributed by atoms with Crippen LogP contribution in [0.4, 0.5) is 5.82 Å². The summed E-state index contributed by atoms with van der Waals surface area (Å²) in [5.74, 6) is 1.58. The number of anilines is 1. The SMILES string of the molecule is C=C(c1ccc(Cl)cc1)C1CCN(C)CC1.CC.CC.CCCC(C)(C)C.CCCC(C=O)CCC.CCc1ccnc(N)c1. The lowest BCUT2D eigenvalue weighted by Gasteiger charge is -2.30. The van der Waals surface area contributed by atoms with Gasteiger partial charge in [0, 0.05) is 17.1 Å². The third-order valence-corrected chi connectivity index (χ3v) is 7.44. The molecular formula is C40H72ClN3O. The Morgan fingerprint density at radius 1 is 0.978 bits per heavy atom. The quantitative estimate of drug-likeness (QED) is 0.276. The van der Waals surface area contributed by atoms with Gasteiger partial charge in [-0.2, -0.15) is 0 Å². The Hall–Kier alpha value is -2.17. The minimum atomic E-state index is 0.333. The summed E-state index contributed by atoms with van der Waals surface area (Å²) in [7, 11) is 2.18. The van der Waals surface area contributed by atoms with Crippen molar-refractivity contribution in [1.29, 1.82) is 0 Å².